The number of esters is 1. The normalized spacial score (nSPS) is 18.4. The maximum Gasteiger partial charge on any atom is 0.408 e. The van der Waals surface area contributed by atoms with Gasteiger partial charge in [-0.05, 0) is 65.4 Å². The Morgan fingerprint density at radius 3 is 2.29 bits per heavy atom. The van der Waals surface area contributed by atoms with Crippen LogP contribution in [0.4, 0.5) is 10.6 Å². The number of hydrogen-bond donors (Lipinski definition) is 3. The third-order valence-corrected chi connectivity index (χ3v) is 8.81. The molecule has 262 valence electrons. The molecule has 2 heterocycles. The highest BCUT2D eigenvalue weighted by atomic mass is 16.6. The van der Waals surface area contributed by atoms with Gasteiger partial charge in [0.15, 0.2) is 5.82 Å². The van der Waals surface area contributed by atoms with Crippen LogP contribution in [0, 0.1) is 5.92 Å². The predicted molar refractivity (Wildman–Crippen MR) is 179 cm³/mol. The van der Waals surface area contributed by atoms with Crippen molar-refractivity contribution in [3.8, 4) is 0 Å². The van der Waals surface area contributed by atoms with Gasteiger partial charge in [0.05, 0.1) is 13.4 Å². The van der Waals surface area contributed by atoms with Crippen molar-refractivity contribution >= 4 is 35.6 Å². The van der Waals surface area contributed by atoms with Crippen LogP contribution in [-0.2, 0) is 28.7 Å². The SMILES string of the molecule is COC(=O)[C@@H]1CCCN1C(=O)C(c1ccccc1)n1cnc(NC(=O)[C@@H](CC2CCCCC2)NC(=O)C(C)(C)NC(=O)OC(C)(C)C)c1. The first-order valence-corrected chi connectivity index (χ1v) is 16.8. The summed E-state index contributed by atoms with van der Waals surface area (Å²) in [6, 6.07) is 6.75. The van der Waals surface area contributed by atoms with Crippen LogP contribution in [0.2, 0.25) is 0 Å². The average molecular weight is 667 g/mol. The van der Waals surface area contributed by atoms with Gasteiger partial charge in [0.2, 0.25) is 11.8 Å². The molecule has 4 amide bonds. The fraction of sp³-hybridized carbons (Fsp3) is 0.600. The van der Waals surface area contributed by atoms with Gasteiger partial charge in [-0.15, -0.1) is 0 Å². The third kappa shape index (κ3) is 9.57. The molecule has 1 saturated heterocycles. The lowest BCUT2D eigenvalue weighted by atomic mass is 9.84. The molecule has 0 radical (unpaired) electrons. The molecule has 13 heteroatoms. The number of methoxy groups -OCH3 is 1. The monoisotopic (exact) mass is 666 g/mol. The zero-order valence-electron chi connectivity index (χ0n) is 28.9. The molecule has 1 aliphatic heterocycles. The lowest BCUT2D eigenvalue weighted by Gasteiger charge is -2.31. The highest BCUT2D eigenvalue weighted by Gasteiger charge is 2.39. The average Bonchev–Trinajstić information content (AvgIpc) is 3.70. The molecule has 1 aromatic carbocycles. The Bertz CT molecular complexity index is 1440. The number of ether oxygens (including phenoxy) is 2. The number of carbonyl (C=O) groups excluding carboxylic acids is 5. The molecule has 2 aliphatic rings. The summed E-state index contributed by atoms with van der Waals surface area (Å²) in [5.74, 6) is -1.28. The van der Waals surface area contributed by atoms with E-state index in [0.717, 1.165) is 32.1 Å². The Kier molecular flexibility index (Phi) is 11.9. The van der Waals surface area contributed by atoms with Crippen LogP contribution in [0.15, 0.2) is 42.9 Å². The standard InChI is InChI=1S/C35H50N6O7/c1-34(2,3)48-33(46)39-35(4,5)32(45)37-25(20-23-14-9-7-10-15-23)29(42)38-27-21-40(22-36-27)28(24-16-11-8-12-17-24)30(43)41-19-13-18-26(41)31(44)47-6/h8,11-12,16-17,21-23,25-26,28H,7,9-10,13-15,18-20H2,1-6H3,(H,37,45)(H,38,42)(H,39,46)/t25-,26+,28?/m1/s1. The van der Waals surface area contributed by atoms with E-state index >= 15 is 0 Å². The van der Waals surface area contributed by atoms with Gasteiger partial charge < -0.3 is 34.9 Å². The second kappa shape index (κ2) is 15.7. The zero-order chi connectivity index (χ0) is 35.1. The van der Waals surface area contributed by atoms with Crippen molar-refractivity contribution in [2.24, 2.45) is 5.92 Å². The molecule has 1 saturated carbocycles. The Labute approximate surface area is 282 Å². The smallest absolute Gasteiger partial charge is 0.408 e. The van der Waals surface area contributed by atoms with Gasteiger partial charge >= 0.3 is 12.1 Å². The molecule has 13 nitrogen and oxygen atoms in total. The Balaban J connectivity index is 1.54. The van der Waals surface area contributed by atoms with E-state index in [2.05, 4.69) is 20.9 Å². The molecule has 3 N–H and O–H groups in total. The number of amides is 4. The summed E-state index contributed by atoms with van der Waals surface area (Å²) in [7, 11) is 1.31. The first-order valence-electron chi connectivity index (χ1n) is 16.8. The highest BCUT2D eigenvalue weighted by Crippen LogP contribution is 2.29. The van der Waals surface area contributed by atoms with Gasteiger partial charge in [0.1, 0.15) is 29.3 Å². The lowest BCUT2D eigenvalue weighted by molar-refractivity contribution is -0.151. The van der Waals surface area contributed by atoms with Crippen molar-refractivity contribution in [2.45, 2.75) is 115 Å². The van der Waals surface area contributed by atoms with Crippen molar-refractivity contribution in [1.29, 1.82) is 0 Å². The molecule has 1 aliphatic carbocycles. The van der Waals surface area contributed by atoms with Crippen LogP contribution in [0.5, 0.6) is 0 Å². The van der Waals surface area contributed by atoms with E-state index in [4.69, 9.17) is 9.47 Å². The number of rotatable bonds is 11. The minimum Gasteiger partial charge on any atom is -0.467 e. The van der Waals surface area contributed by atoms with Crippen LogP contribution < -0.4 is 16.0 Å². The fourth-order valence-corrected chi connectivity index (χ4v) is 6.34. The van der Waals surface area contributed by atoms with E-state index in [-0.39, 0.29) is 17.6 Å². The van der Waals surface area contributed by atoms with Crippen LogP contribution in [0.25, 0.3) is 0 Å². The molecule has 1 unspecified atom stereocenters. The quantitative estimate of drug-likeness (QED) is 0.299. The van der Waals surface area contributed by atoms with Crippen molar-refractivity contribution < 1.29 is 33.4 Å². The molecule has 48 heavy (non-hydrogen) atoms. The van der Waals surface area contributed by atoms with Crippen molar-refractivity contribution in [1.82, 2.24) is 25.1 Å². The Morgan fingerprint density at radius 1 is 0.958 bits per heavy atom. The van der Waals surface area contributed by atoms with Gasteiger partial charge in [0, 0.05) is 12.7 Å². The van der Waals surface area contributed by atoms with Gasteiger partial charge in [-0.2, -0.15) is 0 Å². The zero-order valence-corrected chi connectivity index (χ0v) is 28.9. The summed E-state index contributed by atoms with van der Waals surface area (Å²) in [6.45, 7) is 8.71. The van der Waals surface area contributed by atoms with E-state index in [1.54, 1.807) is 50.3 Å². The van der Waals surface area contributed by atoms with E-state index in [1.807, 2.05) is 30.3 Å². The van der Waals surface area contributed by atoms with Crippen LogP contribution in [-0.4, -0.2) is 81.1 Å². The van der Waals surface area contributed by atoms with Crippen LogP contribution in [0.3, 0.4) is 0 Å². The van der Waals surface area contributed by atoms with Gasteiger partial charge in [-0.25, -0.2) is 14.6 Å². The number of benzene rings is 1. The van der Waals surface area contributed by atoms with Gasteiger partial charge in [0.25, 0.3) is 5.91 Å². The van der Waals surface area contributed by atoms with Crippen LogP contribution >= 0.6 is 0 Å². The van der Waals surface area contributed by atoms with Gasteiger partial charge in [-0.3, -0.25) is 14.4 Å². The summed E-state index contributed by atoms with van der Waals surface area (Å²) in [5.41, 5.74) is -1.42. The van der Waals surface area contributed by atoms with Crippen molar-refractivity contribution in [3.63, 3.8) is 0 Å². The lowest BCUT2D eigenvalue weighted by Crippen LogP contribution is -2.59. The number of imidazole rings is 1. The van der Waals surface area contributed by atoms with Crippen molar-refractivity contribution in [2.75, 3.05) is 19.0 Å². The highest BCUT2D eigenvalue weighted by molar-refractivity contribution is 5.98. The predicted octanol–water partition coefficient (Wildman–Crippen LogP) is 4.33. The number of anilines is 1. The number of nitrogens with one attached hydrogen (secondary N) is 3. The number of likely N-dealkylation sites (tertiary alicyclic amines) is 1. The molecular weight excluding hydrogens is 616 g/mol. The second-order valence-electron chi connectivity index (χ2n) is 14.2. The molecule has 0 spiro atoms. The summed E-state index contributed by atoms with van der Waals surface area (Å²) < 4.78 is 11.9. The largest absolute Gasteiger partial charge is 0.467 e. The molecule has 3 atom stereocenters. The molecule has 0 bridgehead atoms. The second-order valence-corrected chi connectivity index (χ2v) is 14.2. The topological polar surface area (TPSA) is 161 Å². The summed E-state index contributed by atoms with van der Waals surface area (Å²) >= 11 is 0. The number of alkyl carbamates (subject to hydrolysis) is 1. The summed E-state index contributed by atoms with van der Waals surface area (Å²) in [6.07, 6.45) is 9.10. The number of hydrogen-bond acceptors (Lipinski definition) is 8. The first kappa shape index (κ1) is 36.4. The number of nitrogens with zero attached hydrogens (tertiary/aromatic N) is 3. The Hall–Kier alpha value is -4.42. The Morgan fingerprint density at radius 2 is 1.65 bits per heavy atom. The minimum atomic E-state index is -1.37. The van der Waals surface area contributed by atoms with E-state index < -0.39 is 53.1 Å². The summed E-state index contributed by atoms with van der Waals surface area (Å²) in [5, 5.41) is 8.30. The number of carbonyl (C=O) groups is 5. The van der Waals surface area contributed by atoms with E-state index in [0.29, 0.717) is 31.4 Å². The van der Waals surface area contributed by atoms with Crippen molar-refractivity contribution in [3.05, 3.63) is 48.4 Å². The van der Waals surface area contributed by atoms with E-state index in [9.17, 15) is 24.0 Å². The maximum atomic E-state index is 14.0. The molecule has 2 aromatic rings. The number of aromatic nitrogens is 2. The molecule has 2 fully saturated rings. The van der Waals surface area contributed by atoms with E-state index in [1.165, 1.54) is 13.4 Å². The molecule has 1 aromatic heterocycles. The maximum absolute atomic E-state index is 14.0. The molecular formula is C35H50N6O7. The fourth-order valence-electron chi connectivity index (χ4n) is 6.34. The van der Waals surface area contributed by atoms with Gasteiger partial charge in [-0.1, -0.05) is 62.4 Å². The summed E-state index contributed by atoms with van der Waals surface area (Å²) in [4.78, 5) is 72.1. The molecule has 4 rings (SSSR count). The van der Waals surface area contributed by atoms with Crippen LogP contribution in [0.1, 0.15) is 97.6 Å². The first-order chi connectivity index (χ1) is 22.7. The third-order valence-electron chi connectivity index (χ3n) is 8.81. The minimum absolute atomic E-state index is 0.203.